The zero-order valence-corrected chi connectivity index (χ0v) is 6.39. The summed E-state index contributed by atoms with van der Waals surface area (Å²) in [6, 6.07) is 0. The van der Waals surface area contributed by atoms with Gasteiger partial charge in [0.25, 0.3) is 0 Å². The number of rotatable bonds is 1. The fourth-order valence-electron chi connectivity index (χ4n) is 1.08. The van der Waals surface area contributed by atoms with Gasteiger partial charge in [-0.15, -0.1) is 0 Å². The van der Waals surface area contributed by atoms with Crippen LogP contribution in [0.5, 0.6) is 0 Å². The van der Waals surface area contributed by atoms with Crippen LogP contribution in [0.1, 0.15) is 19.3 Å². The molecule has 0 saturated carbocycles. The Kier molecular flexibility index (Phi) is 2.43. The summed E-state index contributed by atoms with van der Waals surface area (Å²) < 4.78 is 11.0. The van der Waals surface area contributed by atoms with E-state index in [0.717, 1.165) is 12.8 Å². The van der Waals surface area contributed by atoms with Gasteiger partial charge in [0.2, 0.25) is 0 Å². The first kappa shape index (κ1) is 7.72. The monoisotopic (exact) mass is 162 g/mol. The Morgan fingerprint density at radius 3 is 2.60 bits per heavy atom. The molecule has 3 nitrogen and oxygen atoms in total. The van der Waals surface area contributed by atoms with Gasteiger partial charge in [0.15, 0.2) is 0 Å². The molecule has 0 spiro atoms. The molecular weight excluding hydrogens is 152 g/mol. The summed E-state index contributed by atoms with van der Waals surface area (Å²) in [5, 5.41) is 7.93. The number of carboxylic acids is 1. The molecule has 1 rings (SSSR count). The van der Waals surface area contributed by atoms with Crippen molar-refractivity contribution in [1.82, 2.24) is 0 Å². The van der Waals surface area contributed by atoms with Gasteiger partial charge in [-0.2, -0.15) is 0 Å². The van der Waals surface area contributed by atoms with Crippen LogP contribution in [0, 0.1) is 0 Å². The second-order valence-corrected chi connectivity index (χ2v) is 4.15. The van der Waals surface area contributed by atoms with Crippen LogP contribution in [0.4, 0.5) is 0 Å². The second kappa shape index (κ2) is 3.14. The summed E-state index contributed by atoms with van der Waals surface area (Å²) >= 11 is 0. The molecule has 0 amide bonds. The highest BCUT2D eigenvalue weighted by Gasteiger charge is 2.26. The molecule has 0 aromatic carbocycles. The van der Waals surface area contributed by atoms with Gasteiger partial charge in [0, 0.05) is 16.6 Å². The summed E-state index contributed by atoms with van der Waals surface area (Å²) in [6.45, 7) is 0. The molecule has 1 saturated heterocycles. The molecule has 1 aliphatic heterocycles. The predicted molar refractivity (Wildman–Crippen MR) is 38.3 cm³/mol. The molecule has 58 valence electrons. The van der Waals surface area contributed by atoms with Gasteiger partial charge < -0.3 is 5.11 Å². The first-order valence-electron chi connectivity index (χ1n) is 3.32. The van der Waals surface area contributed by atoms with Crippen molar-refractivity contribution in [3.8, 4) is 0 Å². The Bertz CT molecular complexity index is 166. The molecule has 1 N–H and O–H groups in total. The van der Waals surface area contributed by atoms with Crippen molar-refractivity contribution in [3.05, 3.63) is 0 Å². The Morgan fingerprint density at radius 1 is 1.50 bits per heavy atom. The van der Waals surface area contributed by atoms with E-state index in [-0.39, 0.29) is 0 Å². The van der Waals surface area contributed by atoms with E-state index in [1.807, 2.05) is 0 Å². The summed E-state index contributed by atoms with van der Waals surface area (Å²) in [4.78, 5) is 10.4. The fourth-order valence-corrected chi connectivity index (χ4v) is 2.51. The van der Waals surface area contributed by atoms with Crippen molar-refractivity contribution in [1.29, 1.82) is 0 Å². The zero-order valence-electron chi connectivity index (χ0n) is 5.58. The molecule has 2 atom stereocenters. The highest BCUT2D eigenvalue weighted by Crippen LogP contribution is 2.15. The van der Waals surface area contributed by atoms with Crippen molar-refractivity contribution in [2.24, 2.45) is 0 Å². The molecule has 1 heterocycles. The van der Waals surface area contributed by atoms with E-state index in [9.17, 15) is 9.00 Å². The van der Waals surface area contributed by atoms with Crippen LogP contribution in [0.15, 0.2) is 0 Å². The Balaban J connectivity index is 2.56. The van der Waals surface area contributed by atoms with E-state index in [1.54, 1.807) is 0 Å². The van der Waals surface area contributed by atoms with E-state index in [1.165, 1.54) is 0 Å². The predicted octanol–water partition coefficient (Wildman–Crippen LogP) is 0.372. The highest BCUT2D eigenvalue weighted by molar-refractivity contribution is 7.86. The molecule has 1 aliphatic rings. The summed E-state index contributed by atoms with van der Waals surface area (Å²) in [6.07, 6.45) is 2.40. The van der Waals surface area contributed by atoms with E-state index < -0.39 is 22.0 Å². The topological polar surface area (TPSA) is 54.4 Å². The van der Waals surface area contributed by atoms with Crippen LogP contribution in [0.3, 0.4) is 0 Å². The lowest BCUT2D eigenvalue weighted by molar-refractivity contribution is -0.136. The van der Waals surface area contributed by atoms with Crippen LogP contribution in [0.25, 0.3) is 0 Å². The number of hydrogen-bond acceptors (Lipinski definition) is 2. The molecular formula is C6H10O3S. The quantitative estimate of drug-likeness (QED) is 0.606. The minimum Gasteiger partial charge on any atom is -0.480 e. The van der Waals surface area contributed by atoms with Crippen molar-refractivity contribution in [2.45, 2.75) is 24.5 Å². The lowest BCUT2D eigenvalue weighted by Gasteiger charge is -2.16. The second-order valence-electron chi connectivity index (χ2n) is 2.41. The fraction of sp³-hybridized carbons (Fsp3) is 0.833. The largest absolute Gasteiger partial charge is 0.480 e. The van der Waals surface area contributed by atoms with Crippen LogP contribution >= 0.6 is 0 Å². The van der Waals surface area contributed by atoms with Crippen molar-refractivity contribution < 1.29 is 14.1 Å². The van der Waals surface area contributed by atoms with Gasteiger partial charge in [0.05, 0.1) is 0 Å². The lowest BCUT2D eigenvalue weighted by Crippen LogP contribution is -2.30. The average Bonchev–Trinajstić information content (AvgIpc) is 1.88. The molecule has 4 heteroatoms. The summed E-state index contributed by atoms with van der Waals surface area (Å²) in [5.74, 6) is -0.338. The maximum atomic E-state index is 11.0. The third-order valence-electron chi connectivity index (χ3n) is 1.65. The Morgan fingerprint density at radius 2 is 2.20 bits per heavy atom. The van der Waals surface area contributed by atoms with Crippen LogP contribution in [-0.4, -0.2) is 26.3 Å². The first-order valence-corrected chi connectivity index (χ1v) is 4.70. The SMILES string of the molecule is O=C(O)C1CCCCS1=O. The summed E-state index contributed by atoms with van der Waals surface area (Å²) in [5.41, 5.74) is 0. The van der Waals surface area contributed by atoms with E-state index in [4.69, 9.17) is 5.11 Å². The van der Waals surface area contributed by atoms with Gasteiger partial charge in [-0.1, -0.05) is 6.42 Å². The third kappa shape index (κ3) is 1.56. The minimum absolute atomic E-state index is 0.566. The molecule has 1 fully saturated rings. The molecule has 10 heavy (non-hydrogen) atoms. The van der Waals surface area contributed by atoms with Gasteiger partial charge >= 0.3 is 5.97 Å². The van der Waals surface area contributed by atoms with Crippen LogP contribution in [-0.2, 0) is 15.6 Å². The molecule has 0 aliphatic carbocycles. The molecule has 0 bridgehead atoms. The van der Waals surface area contributed by atoms with E-state index in [2.05, 4.69) is 0 Å². The lowest BCUT2D eigenvalue weighted by atomic mass is 10.2. The number of carboxylic acid groups (broad SMARTS) is 1. The van der Waals surface area contributed by atoms with E-state index in [0.29, 0.717) is 12.2 Å². The van der Waals surface area contributed by atoms with Gasteiger partial charge in [-0.25, -0.2) is 0 Å². The zero-order chi connectivity index (χ0) is 7.56. The molecule has 0 aromatic heterocycles. The Labute approximate surface area is 61.9 Å². The van der Waals surface area contributed by atoms with Gasteiger partial charge in [-0.3, -0.25) is 9.00 Å². The molecule has 0 aromatic rings. The maximum absolute atomic E-state index is 11.0. The highest BCUT2D eigenvalue weighted by atomic mass is 32.2. The van der Waals surface area contributed by atoms with Gasteiger partial charge in [0.1, 0.15) is 5.25 Å². The van der Waals surface area contributed by atoms with Crippen LogP contribution < -0.4 is 0 Å². The average molecular weight is 162 g/mol. The molecule has 2 unspecified atom stereocenters. The summed E-state index contributed by atoms with van der Waals surface area (Å²) in [7, 11) is -1.11. The Hall–Kier alpha value is -0.380. The van der Waals surface area contributed by atoms with Crippen LogP contribution in [0.2, 0.25) is 0 Å². The standard InChI is InChI=1S/C6H10O3S/c7-6(8)5-3-1-2-4-10(5)9/h5H,1-4H2,(H,7,8). The smallest absolute Gasteiger partial charge is 0.319 e. The van der Waals surface area contributed by atoms with Crippen molar-refractivity contribution in [3.63, 3.8) is 0 Å². The first-order chi connectivity index (χ1) is 4.72. The van der Waals surface area contributed by atoms with Crippen molar-refractivity contribution >= 4 is 16.8 Å². The number of hydrogen-bond donors (Lipinski definition) is 1. The number of carbonyl (C=O) groups is 1. The maximum Gasteiger partial charge on any atom is 0.319 e. The van der Waals surface area contributed by atoms with E-state index >= 15 is 0 Å². The third-order valence-corrected chi connectivity index (χ3v) is 3.42. The van der Waals surface area contributed by atoms with Gasteiger partial charge in [-0.05, 0) is 12.8 Å². The minimum atomic E-state index is -1.11. The van der Waals surface area contributed by atoms with Crippen molar-refractivity contribution in [2.75, 3.05) is 5.75 Å². The molecule has 0 radical (unpaired) electrons. The normalized spacial score (nSPS) is 33.6. The number of aliphatic carboxylic acids is 1.